The van der Waals surface area contributed by atoms with Gasteiger partial charge in [0.1, 0.15) is 0 Å². The minimum Gasteiger partial charge on any atom is -0.399 e. The van der Waals surface area contributed by atoms with Crippen molar-refractivity contribution in [2.75, 3.05) is 19.3 Å². The van der Waals surface area contributed by atoms with Crippen molar-refractivity contribution >= 4 is 21.6 Å². The van der Waals surface area contributed by atoms with Crippen molar-refractivity contribution in [3.8, 4) is 0 Å². The second kappa shape index (κ2) is 6.73. The molecule has 100 valence electrons. The summed E-state index contributed by atoms with van der Waals surface area (Å²) in [5, 5.41) is 0. The quantitative estimate of drug-likeness (QED) is 0.852. The number of hydrogen-bond donors (Lipinski definition) is 1. The van der Waals surface area contributed by atoms with Crippen LogP contribution in [0.5, 0.6) is 0 Å². The Balaban J connectivity index is 1.86. The monoisotopic (exact) mass is 318 g/mol. The van der Waals surface area contributed by atoms with Gasteiger partial charge in [0.25, 0.3) is 0 Å². The van der Waals surface area contributed by atoms with Gasteiger partial charge in [-0.15, -0.1) is 0 Å². The molecule has 19 heavy (non-hydrogen) atoms. The Morgan fingerprint density at radius 1 is 1.05 bits per heavy atom. The topological polar surface area (TPSA) is 29.3 Å². The van der Waals surface area contributed by atoms with Gasteiger partial charge in [-0.1, -0.05) is 46.3 Å². The Hall–Kier alpha value is -1.32. The van der Waals surface area contributed by atoms with Gasteiger partial charge in [-0.2, -0.15) is 0 Å². The number of benzene rings is 2. The van der Waals surface area contributed by atoms with Crippen LogP contribution in [-0.4, -0.2) is 18.5 Å². The van der Waals surface area contributed by atoms with Crippen LogP contribution in [-0.2, 0) is 13.0 Å². The lowest BCUT2D eigenvalue weighted by Crippen LogP contribution is -2.20. The molecule has 0 saturated heterocycles. The second-order valence-corrected chi connectivity index (χ2v) is 5.68. The van der Waals surface area contributed by atoms with Gasteiger partial charge in [-0.25, -0.2) is 0 Å². The molecule has 2 aromatic carbocycles. The Morgan fingerprint density at radius 3 is 2.42 bits per heavy atom. The van der Waals surface area contributed by atoms with Crippen molar-refractivity contribution < 1.29 is 0 Å². The molecule has 0 radical (unpaired) electrons. The van der Waals surface area contributed by atoms with Crippen LogP contribution in [0.25, 0.3) is 0 Å². The first-order valence-electron chi connectivity index (χ1n) is 6.41. The van der Waals surface area contributed by atoms with E-state index in [2.05, 4.69) is 58.2 Å². The van der Waals surface area contributed by atoms with Crippen molar-refractivity contribution in [3.05, 3.63) is 64.1 Å². The average Bonchev–Trinajstić information content (AvgIpc) is 2.40. The first-order valence-corrected chi connectivity index (χ1v) is 7.21. The van der Waals surface area contributed by atoms with E-state index in [-0.39, 0.29) is 0 Å². The summed E-state index contributed by atoms with van der Waals surface area (Å²) in [5.74, 6) is 0. The standard InChI is InChI=1S/C16H19BrN2/c1-19(12-13-6-8-15(18)9-7-13)11-10-14-4-2-3-5-16(14)17/h2-9H,10-12,18H2,1H3. The molecule has 0 fully saturated rings. The zero-order valence-electron chi connectivity index (χ0n) is 11.1. The van der Waals surface area contributed by atoms with Gasteiger partial charge in [0.15, 0.2) is 0 Å². The molecule has 0 spiro atoms. The number of nitrogens with zero attached hydrogens (tertiary/aromatic N) is 1. The Labute approximate surface area is 123 Å². The molecule has 0 saturated carbocycles. The molecule has 0 atom stereocenters. The molecule has 0 aliphatic heterocycles. The smallest absolute Gasteiger partial charge is 0.0314 e. The molecule has 0 aliphatic rings. The zero-order valence-corrected chi connectivity index (χ0v) is 12.7. The van der Waals surface area contributed by atoms with Crippen LogP contribution in [0.3, 0.4) is 0 Å². The summed E-state index contributed by atoms with van der Waals surface area (Å²) >= 11 is 3.59. The SMILES string of the molecule is CN(CCc1ccccc1Br)Cc1ccc(N)cc1. The van der Waals surface area contributed by atoms with E-state index in [4.69, 9.17) is 5.73 Å². The van der Waals surface area contributed by atoms with Crippen LogP contribution in [0.15, 0.2) is 53.0 Å². The molecule has 0 aliphatic carbocycles. The highest BCUT2D eigenvalue weighted by Gasteiger charge is 2.03. The van der Waals surface area contributed by atoms with Gasteiger partial charge < -0.3 is 10.6 Å². The van der Waals surface area contributed by atoms with Crippen LogP contribution in [0, 0.1) is 0 Å². The molecule has 2 N–H and O–H groups in total. The number of halogens is 1. The van der Waals surface area contributed by atoms with Crippen molar-refractivity contribution in [2.45, 2.75) is 13.0 Å². The molecular weight excluding hydrogens is 300 g/mol. The summed E-state index contributed by atoms with van der Waals surface area (Å²) in [4.78, 5) is 2.32. The summed E-state index contributed by atoms with van der Waals surface area (Å²) in [6.07, 6.45) is 1.05. The largest absolute Gasteiger partial charge is 0.399 e. The maximum absolute atomic E-state index is 5.69. The van der Waals surface area contributed by atoms with E-state index in [0.717, 1.165) is 25.2 Å². The Bertz CT molecular complexity index is 523. The first-order chi connectivity index (χ1) is 9.15. The highest BCUT2D eigenvalue weighted by Crippen LogP contribution is 2.16. The number of nitrogen functional groups attached to an aromatic ring is 1. The van der Waals surface area contributed by atoms with Gasteiger partial charge in [0.2, 0.25) is 0 Å². The van der Waals surface area contributed by atoms with E-state index in [1.165, 1.54) is 15.6 Å². The maximum atomic E-state index is 5.69. The molecule has 2 nitrogen and oxygen atoms in total. The predicted octanol–water partition coefficient (Wildman–Crippen LogP) is 3.71. The summed E-state index contributed by atoms with van der Waals surface area (Å²) in [5.41, 5.74) is 9.16. The van der Waals surface area contributed by atoms with Crippen LogP contribution < -0.4 is 5.73 Å². The van der Waals surface area contributed by atoms with Crippen LogP contribution in [0.4, 0.5) is 5.69 Å². The van der Waals surface area contributed by atoms with Gasteiger partial charge in [-0.05, 0) is 42.8 Å². The second-order valence-electron chi connectivity index (χ2n) is 4.82. The minimum absolute atomic E-state index is 0.819. The van der Waals surface area contributed by atoms with Crippen molar-refractivity contribution in [1.82, 2.24) is 4.90 Å². The Kier molecular flexibility index (Phi) is 5.00. The molecule has 3 heteroatoms. The third-order valence-corrected chi connectivity index (χ3v) is 3.93. The number of rotatable bonds is 5. The lowest BCUT2D eigenvalue weighted by molar-refractivity contribution is 0.331. The van der Waals surface area contributed by atoms with E-state index in [1.54, 1.807) is 0 Å². The average molecular weight is 319 g/mol. The van der Waals surface area contributed by atoms with Gasteiger partial charge >= 0.3 is 0 Å². The summed E-state index contributed by atoms with van der Waals surface area (Å²) in [6.45, 7) is 1.98. The molecule has 0 heterocycles. The number of hydrogen-bond acceptors (Lipinski definition) is 2. The Morgan fingerprint density at radius 2 is 1.74 bits per heavy atom. The number of likely N-dealkylation sites (N-methyl/N-ethyl adjacent to an activating group) is 1. The zero-order chi connectivity index (χ0) is 13.7. The van der Waals surface area contributed by atoms with Gasteiger partial charge in [0, 0.05) is 23.2 Å². The van der Waals surface area contributed by atoms with E-state index < -0.39 is 0 Å². The van der Waals surface area contributed by atoms with Crippen molar-refractivity contribution in [2.24, 2.45) is 0 Å². The maximum Gasteiger partial charge on any atom is 0.0314 e. The molecule has 0 aromatic heterocycles. The fraction of sp³-hybridized carbons (Fsp3) is 0.250. The normalized spacial score (nSPS) is 10.9. The third kappa shape index (κ3) is 4.37. The fourth-order valence-corrected chi connectivity index (χ4v) is 2.51. The van der Waals surface area contributed by atoms with Gasteiger partial charge in [-0.3, -0.25) is 0 Å². The minimum atomic E-state index is 0.819. The highest BCUT2D eigenvalue weighted by molar-refractivity contribution is 9.10. The first kappa shape index (κ1) is 14.1. The summed E-state index contributed by atoms with van der Waals surface area (Å²) in [6, 6.07) is 16.5. The van der Waals surface area contributed by atoms with E-state index in [0.29, 0.717) is 0 Å². The molecule has 2 rings (SSSR count). The van der Waals surface area contributed by atoms with Crippen LogP contribution in [0.1, 0.15) is 11.1 Å². The van der Waals surface area contributed by atoms with Crippen molar-refractivity contribution in [3.63, 3.8) is 0 Å². The van der Waals surface area contributed by atoms with E-state index in [9.17, 15) is 0 Å². The molecule has 0 amide bonds. The van der Waals surface area contributed by atoms with E-state index in [1.807, 2.05) is 18.2 Å². The summed E-state index contributed by atoms with van der Waals surface area (Å²) in [7, 11) is 2.15. The molecule has 2 aromatic rings. The summed E-state index contributed by atoms with van der Waals surface area (Å²) < 4.78 is 1.19. The number of anilines is 1. The highest BCUT2D eigenvalue weighted by atomic mass is 79.9. The van der Waals surface area contributed by atoms with Crippen molar-refractivity contribution in [1.29, 1.82) is 0 Å². The molecule has 0 unspecified atom stereocenters. The number of nitrogens with two attached hydrogens (primary N) is 1. The molecular formula is C16H19BrN2. The lowest BCUT2D eigenvalue weighted by atomic mass is 10.1. The van der Waals surface area contributed by atoms with Gasteiger partial charge in [0.05, 0.1) is 0 Å². The van der Waals surface area contributed by atoms with Crippen LogP contribution in [0.2, 0.25) is 0 Å². The molecule has 0 bridgehead atoms. The predicted molar refractivity (Wildman–Crippen MR) is 85.0 cm³/mol. The van der Waals surface area contributed by atoms with E-state index >= 15 is 0 Å². The van der Waals surface area contributed by atoms with Crippen LogP contribution >= 0.6 is 15.9 Å². The lowest BCUT2D eigenvalue weighted by Gasteiger charge is -2.17. The third-order valence-electron chi connectivity index (χ3n) is 3.15. The fourth-order valence-electron chi connectivity index (χ4n) is 2.03.